The average Bonchev–Trinajstić information content (AvgIpc) is 3.39. The van der Waals surface area contributed by atoms with Crippen molar-refractivity contribution < 1.29 is 23.8 Å². The number of carbonyl (C=O) groups excluding carboxylic acids is 1. The standard InChI is InChI=1S/C22H31FN2O4/c1-5-12-25(19-14-17(19)15-8-10-16(23)11-9-15)13-6-7-18(20(26)27)24-21(28)29-22(2,3)4/h5,8-11,17-19H,1,6-7,12-14H2,2-4H3,(H,24,28)(H,26,27)/t17-,18?,19+/m0/s1. The summed E-state index contributed by atoms with van der Waals surface area (Å²) in [6.45, 7) is 10.4. The number of hydrogen-bond donors (Lipinski definition) is 2. The first kappa shape index (κ1) is 22.9. The summed E-state index contributed by atoms with van der Waals surface area (Å²) in [7, 11) is 0. The number of halogens is 1. The summed E-state index contributed by atoms with van der Waals surface area (Å²) >= 11 is 0. The van der Waals surface area contributed by atoms with Crippen molar-refractivity contribution in [1.29, 1.82) is 0 Å². The molecule has 2 N–H and O–H groups in total. The Morgan fingerprint density at radius 2 is 2.03 bits per heavy atom. The first-order valence-corrected chi connectivity index (χ1v) is 9.93. The number of benzene rings is 1. The number of hydrogen-bond acceptors (Lipinski definition) is 4. The third-order valence-electron chi connectivity index (χ3n) is 4.81. The molecule has 1 unspecified atom stereocenters. The molecule has 0 aromatic heterocycles. The molecule has 7 heteroatoms. The summed E-state index contributed by atoms with van der Waals surface area (Å²) < 4.78 is 18.3. The molecule has 1 amide bonds. The Kier molecular flexibility index (Phi) is 7.79. The molecule has 1 aliphatic rings. The van der Waals surface area contributed by atoms with Crippen molar-refractivity contribution in [3.8, 4) is 0 Å². The van der Waals surface area contributed by atoms with Gasteiger partial charge in [0.25, 0.3) is 0 Å². The van der Waals surface area contributed by atoms with Crippen LogP contribution in [0.15, 0.2) is 36.9 Å². The highest BCUT2D eigenvalue weighted by atomic mass is 19.1. The summed E-state index contributed by atoms with van der Waals surface area (Å²) in [5, 5.41) is 11.8. The maximum absolute atomic E-state index is 13.1. The first-order valence-electron chi connectivity index (χ1n) is 9.93. The maximum Gasteiger partial charge on any atom is 0.408 e. The van der Waals surface area contributed by atoms with Gasteiger partial charge in [-0.25, -0.2) is 14.0 Å². The van der Waals surface area contributed by atoms with E-state index in [-0.39, 0.29) is 5.82 Å². The Bertz CT molecular complexity index is 715. The predicted molar refractivity (Wildman–Crippen MR) is 109 cm³/mol. The Balaban J connectivity index is 1.86. The van der Waals surface area contributed by atoms with E-state index >= 15 is 0 Å². The minimum atomic E-state index is -1.08. The molecule has 0 aliphatic heterocycles. The summed E-state index contributed by atoms with van der Waals surface area (Å²) in [5.41, 5.74) is 0.426. The minimum Gasteiger partial charge on any atom is -0.480 e. The highest BCUT2D eigenvalue weighted by Gasteiger charge is 2.42. The fraction of sp³-hybridized carbons (Fsp3) is 0.545. The molecule has 1 fully saturated rings. The molecule has 0 radical (unpaired) electrons. The monoisotopic (exact) mass is 406 g/mol. The van der Waals surface area contributed by atoms with Gasteiger partial charge in [-0.05, 0) is 64.3 Å². The van der Waals surface area contributed by atoms with Gasteiger partial charge in [-0.3, -0.25) is 4.90 Å². The third-order valence-corrected chi connectivity index (χ3v) is 4.81. The van der Waals surface area contributed by atoms with Crippen LogP contribution in [0.25, 0.3) is 0 Å². The van der Waals surface area contributed by atoms with Crippen molar-refractivity contribution in [2.24, 2.45) is 0 Å². The van der Waals surface area contributed by atoms with Crippen molar-refractivity contribution in [3.05, 3.63) is 48.3 Å². The van der Waals surface area contributed by atoms with Gasteiger partial charge in [0, 0.05) is 18.5 Å². The van der Waals surface area contributed by atoms with E-state index in [1.165, 1.54) is 12.1 Å². The number of alkyl carbamates (subject to hydrolysis) is 1. The minimum absolute atomic E-state index is 0.244. The number of carboxylic acids is 1. The fourth-order valence-electron chi connectivity index (χ4n) is 3.42. The molecule has 1 aromatic rings. The number of carboxylic acid groups (broad SMARTS) is 1. The fourth-order valence-corrected chi connectivity index (χ4v) is 3.42. The number of rotatable bonds is 10. The van der Waals surface area contributed by atoms with Gasteiger partial charge in [0.1, 0.15) is 17.5 Å². The maximum atomic E-state index is 13.1. The summed E-state index contributed by atoms with van der Waals surface area (Å²) in [5.74, 6) is -0.974. The van der Waals surface area contributed by atoms with Crippen LogP contribution in [0.2, 0.25) is 0 Å². The third kappa shape index (κ3) is 7.49. The molecule has 0 saturated heterocycles. The quantitative estimate of drug-likeness (QED) is 0.576. The number of aliphatic carboxylic acids is 1. The lowest BCUT2D eigenvalue weighted by Gasteiger charge is -2.24. The average molecular weight is 406 g/mol. The topological polar surface area (TPSA) is 78.9 Å². The zero-order chi connectivity index (χ0) is 21.6. The largest absolute Gasteiger partial charge is 0.480 e. The zero-order valence-electron chi connectivity index (χ0n) is 17.4. The van der Waals surface area contributed by atoms with Crippen LogP contribution in [0, 0.1) is 5.82 Å². The van der Waals surface area contributed by atoms with Crippen LogP contribution in [0.5, 0.6) is 0 Å². The van der Waals surface area contributed by atoms with Crippen molar-refractivity contribution in [1.82, 2.24) is 10.2 Å². The van der Waals surface area contributed by atoms with Gasteiger partial charge in [0.2, 0.25) is 0 Å². The second kappa shape index (κ2) is 9.87. The molecule has 160 valence electrons. The lowest BCUT2D eigenvalue weighted by Crippen LogP contribution is -2.43. The van der Waals surface area contributed by atoms with Crippen molar-refractivity contribution in [2.75, 3.05) is 13.1 Å². The smallest absolute Gasteiger partial charge is 0.408 e. The highest BCUT2D eigenvalue weighted by molar-refractivity contribution is 5.79. The zero-order valence-corrected chi connectivity index (χ0v) is 17.4. The molecule has 29 heavy (non-hydrogen) atoms. The Morgan fingerprint density at radius 3 is 2.59 bits per heavy atom. The molecule has 1 aromatic carbocycles. The van der Waals surface area contributed by atoms with Crippen LogP contribution in [0.3, 0.4) is 0 Å². The molecule has 1 aliphatic carbocycles. The van der Waals surface area contributed by atoms with Gasteiger partial charge in [-0.15, -0.1) is 6.58 Å². The van der Waals surface area contributed by atoms with Crippen LogP contribution < -0.4 is 5.32 Å². The summed E-state index contributed by atoms with van der Waals surface area (Å²) in [4.78, 5) is 25.6. The van der Waals surface area contributed by atoms with Crippen molar-refractivity contribution >= 4 is 12.1 Å². The first-order chi connectivity index (χ1) is 13.6. The molecular formula is C22H31FN2O4. The number of nitrogens with zero attached hydrogens (tertiary/aromatic N) is 1. The second-order valence-electron chi connectivity index (χ2n) is 8.42. The van der Waals surface area contributed by atoms with Gasteiger partial charge >= 0.3 is 12.1 Å². The Labute approximate surface area is 171 Å². The number of carbonyl (C=O) groups is 2. The van der Waals surface area contributed by atoms with Gasteiger partial charge in [0.15, 0.2) is 0 Å². The molecular weight excluding hydrogens is 375 g/mol. The van der Waals surface area contributed by atoms with Gasteiger partial charge in [-0.1, -0.05) is 18.2 Å². The molecule has 0 spiro atoms. The van der Waals surface area contributed by atoms with Crippen LogP contribution in [-0.2, 0) is 9.53 Å². The van der Waals surface area contributed by atoms with Gasteiger partial charge in [-0.2, -0.15) is 0 Å². The van der Waals surface area contributed by atoms with Crippen LogP contribution >= 0.6 is 0 Å². The number of ether oxygens (including phenoxy) is 1. The highest BCUT2D eigenvalue weighted by Crippen LogP contribution is 2.44. The van der Waals surface area contributed by atoms with Gasteiger partial charge in [0.05, 0.1) is 0 Å². The van der Waals surface area contributed by atoms with E-state index in [9.17, 15) is 19.1 Å². The normalized spacial score (nSPS) is 19.5. The van der Waals surface area contributed by atoms with E-state index in [0.717, 1.165) is 12.0 Å². The SMILES string of the molecule is C=CCN(CCCC(NC(=O)OC(C)(C)C)C(=O)O)[C@@H]1C[C@H]1c1ccc(F)cc1. The number of amides is 1. The van der Waals surface area contributed by atoms with E-state index in [1.54, 1.807) is 20.8 Å². The Hall–Kier alpha value is -2.41. The molecule has 0 bridgehead atoms. The number of nitrogens with one attached hydrogen (secondary N) is 1. The molecule has 0 heterocycles. The molecule has 3 atom stereocenters. The van der Waals surface area contributed by atoms with E-state index in [2.05, 4.69) is 16.8 Å². The Morgan fingerprint density at radius 1 is 1.38 bits per heavy atom. The van der Waals surface area contributed by atoms with Crippen molar-refractivity contribution in [3.63, 3.8) is 0 Å². The lowest BCUT2D eigenvalue weighted by atomic mass is 10.1. The summed E-state index contributed by atoms with van der Waals surface area (Å²) in [6, 6.07) is 5.92. The molecule has 6 nitrogen and oxygen atoms in total. The van der Waals surface area contributed by atoms with Crippen molar-refractivity contribution in [2.45, 2.75) is 63.6 Å². The van der Waals surface area contributed by atoms with Crippen LogP contribution in [0.4, 0.5) is 9.18 Å². The van der Waals surface area contributed by atoms with Gasteiger partial charge < -0.3 is 15.2 Å². The summed E-state index contributed by atoms with van der Waals surface area (Å²) in [6.07, 6.45) is 2.99. The van der Waals surface area contributed by atoms with Crippen LogP contribution in [0.1, 0.15) is 51.5 Å². The second-order valence-corrected chi connectivity index (χ2v) is 8.42. The molecule has 2 rings (SSSR count). The van der Waals surface area contributed by atoms with E-state index in [4.69, 9.17) is 4.74 Å². The van der Waals surface area contributed by atoms with E-state index < -0.39 is 23.7 Å². The molecule has 1 saturated carbocycles. The van der Waals surface area contributed by atoms with E-state index in [0.29, 0.717) is 37.9 Å². The van der Waals surface area contributed by atoms with E-state index in [1.807, 2.05) is 18.2 Å². The lowest BCUT2D eigenvalue weighted by molar-refractivity contribution is -0.139. The predicted octanol–water partition coefficient (Wildman–Crippen LogP) is 3.93. The van der Waals surface area contributed by atoms with Crippen LogP contribution in [-0.4, -0.2) is 52.8 Å².